The third-order valence-electron chi connectivity index (χ3n) is 3.34. The Balaban J connectivity index is 1.86. The number of nitrogens with one attached hydrogen (secondary N) is 2. The molecule has 3 rings (SSSR count). The van der Waals surface area contributed by atoms with Crippen molar-refractivity contribution < 1.29 is 4.92 Å². The Labute approximate surface area is 141 Å². The molecule has 0 spiro atoms. The van der Waals surface area contributed by atoms with Gasteiger partial charge in [0.2, 0.25) is 5.71 Å². The fourth-order valence-electron chi connectivity index (χ4n) is 2.15. The van der Waals surface area contributed by atoms with E-state index in [1.54, 1.807) is 42.5 Å². The van der Waals surface area contributed by atoms with Crippen molar-refractivity contribution in [1.29, 1.82) is 10.5 Å². The van der Waals surface area contributed by atoms with Gasteiger partial charge in [-0.15, -0.1) is 0 Å². The van der Waals surface area contributed by atoms with Crippen molar-refractivity contribution in [3.63, 3.8) is 0 Å². The molecule has 25 heavy (non-hydrogen) atoms. The van der Waals surface area contributed by atoms with Crippen LogP contribution in [0, 0.1) is 32.8 Å². The van der Waals surface area contributed by atoms with Gasteiger partial charge in [-0.1, -0.05) is 0 Å². The van der Waals surface area contributed by atoms with E-state index in [-0.39, 0.29) is 11.4 Å². The van der Waals surface area contributed by atoms with E-state index in [9.17, 15) is 10.1 Å². The number of nitro benzene ring substituents is 1. The van der Waals surface area contributed by atoms with Crippen LogP contribution in [0.15, 0.2) is 47.6 Å². The Morgan fingerprint density at radius 3 is 2.56 bits per heavy atom. The molecule has 1 aromatic heterocycles. The zero-order valence-electron chi connectivity index (χ0n) is 12.6. The van der Waals surface area contributed by atoms with Crippen LogP contribution in [0.3, 0.4) is 0 Å². The Bertz CT molecular complexity index is 1050. The van der Waals surface area contributed by atoms with Crippen LogP contribution in [0.25, 0.3) is 22.4 Å². The summed E-state index contributed by atoms with van der Waals surface area (Å²) < 4.78 is 0. The molecule has 0 fully saturated rings. The van der Waals surface area contributed by atoms with Crippen molar-refractivity contribution in [2.45, 2.75) is 0 Å². The first-order chi connectivity index (χ1) is 12.1. The first kappa shape index (κ1) is 15.6. The number of H-pyrrole nitrogens is 1. The average molecular weight is 331 g/mol. The largest absolute Gasteiger partial charge is 0.338 e. The van der Waals surface area contributed by atoms with E-state index in [2.05, 4.69) is 20.5 Å². The number of nitriles is 2. The maximum absolute atomic E-state index is 10.8. The van der Waals surface area contributed by atoms with Crippen molar-refractivity contribution in [2.24, 2.45) is 5.10 Å². The zero-order chi connectivity index (χ0) is 17.8. The number of imidazole rings is 1. The molecule has 0 atom stereocenters. The lowest BCUT2D eigenvalue weighted by Crippen LogP contribution is -1.96. The Morgan fingerprint density at radius 1 is 1.20 bits per heavy atom. The van der Waals surface area contributed by atoms with Crippen LogP contribution in [-0.2, 0) is 0 Å². The number of hydrazone groups is 1. The second kappa shape index (κ2) is 6.48. The first-order valence-electron chi connectivity index (χ1n) is 6.99. The van der Waals surface area contributed by atoms with Crippen LogP contribution >= 0.6 is 0 Å². The Morgan fingerprint density at radius 2 is 1.92 bits per heavy atom. The minimum absolute atomic E-state index is 0.00843. The van der Waals surface area contributed by atoms with Gasteiger partial charge in [-0.3, -0.25) is 15.5 Å². The van der Waals surface area contributed by atoms with E-state index >= 15 is 0 Å². The highest BCUT2D eigenvalue weighted by molar-refractivity contribution is 6.10. The summed E-state index contributed by atoms with van der Waals surface area (Å²) in [7, 11) is 0. The smallest absolute Gasteiger partial charge is 0.271 e. The third-order valence-corrected chi connectivity index (χ3v) is 3.34. The lowest BCUT2D eigenvalue weighted by Gasteiger charge is -2.01. The van der Waals surface area contributed by atoms with Crippen LogP contribution in [0.5, 0.6) is 0 Å². The second-order valence-corrected chi connectivity index (χ2v) is 4.92. The topological polar surface area (TPSA) is 144 Å². The number of aromatic nitrogens is 2. The molecule has 1 heterocycles. The van der Waals surface area contributed by atoms with Gasteiger partial charge in [-0.05, 0) is 30.3 Å². The molecular formula is C16H9N7O2. The third kappa shape index (κ3) is 3.25. The molecule has 0 bridgehead atoms. The quantitative estimate of drug-likeness (QED) is 0.427. The molecule has 120 valence electrons. The molecule has 9 nitrogen and oxygen atoms in total. The average Bonchev–Trinajstić information content (AvgIpc) is 3.06. The molecule has 0 saturated carbocycles. The van der Waals surface area contributed by atoms with Crippen LogP contribution in [0.4, 0.5) is 11.4 Å². The van der Waals surface area contributed by atoms with Gasteiger partial charge in [0.05, 0.1) is 21.6 Å². The monoisotopic (exact) mass is 331 g/mol. The summed E-state index contributed by atoms with van der Waals surface area (Å²) in [6.45, 7) is 0. The summed E-state index contributed by atoms with van der Waals surface area (Å²) in [5.74, 6) is 0.570. The fraction of sp³-hybridized carbons (Fsp3) is 0. The van der Waals surface area contributed by atoms with Crippen LogP contribution < -0.4 is 5.43 Å². The summed E-state index contributed by atoms with van der Waals surface area (Å²) in [6.07, 6.45) is 0. The number of fused-ring (bicyclic) bond motifs is 1. The first-order valence-corrected chi connectivity index (χ1v) is 6.99. The van der Waals surface area contributed by atoms with E-state index in [1.807, 2.05) is 0 Å². The van der Waals surface area contributed by atoms with Gasteiger partial charge in [0.1, 0.15) is 18.0 Å². The van der Waals surface area contributed by atoms with E-state index in [1.165, 1.54) is 12.1 Å². The maximum Gasteiger partial charge on any atom is 0.271 e. The van der Waals surface area contributed by atoms with E-state index < -0.39 is 4.92 Å². The van der Waals surface area contributed by atoms with Crippen molar-refractivity contribution in [3.8, 4) is 23.5 Å². The number of aromatic amines is 1. The SMILES string of the molecule is N#CC(C#N)=NNc1ccc(-c2nc3ccc([N+](=O)[O-])cc3[nH]2)cc1. The number of nitro groups is 1. The summed E-state index contributed by atoms with van der Waals surface area (Å²) in [4.78, 5) is 17.8. The highest BCUT2D eigenvalue weighted by Crippen LogP contribution is 2.24. The molecule has 2 N–H and O–H groups in total. The summed E-state index contributed by atoms with van der Waals surface area (Å²) in [6, 6.07) is 14.7. The van der Waals surface area contributed by atoms with Crippen LogP contribution in [0.1, 0.15) is 0 Å². The van der Waals surface area contributed by atoms with Crippen LogP contribution in [0.2, 0.25) is 0 Å². The van der Waals surface area contributed by atoms with Gasteiger partial charge in [-0.2, -0.15) is 15.6 Å². The van der Waals surface area contributed by atoms with Crippen LogP contribution in [-0.4, -0.2) is 20.6 Å². The van der Waals surface area contributed by atoms with Gasteiger partial charge in [-0.25, -0.2) is 4.98 Å². The van der Waals surface area contributed by atoms with Gasteiger partial charge < -0.3 is 4.98 Å². The Kier molecular flexibility index (Phi) is 4.06. The number of benzene rings is 2. The van der Waals surface area contributed by atoms with Gasteiger partial charge in [0, 0.05) is 17.7 Å². The molecule has 0 aliphatic carbocycles. The molecule has 2 aromatic carbocycles. The number of hydrogen-bond donors (Lipinski definition) is 2. The predicted molar refractivity (Wildman–Crippen MR) is 90.5 cm³/mol. The lowest BCUT2D eigenvalue weighted by atomic mass is 10.2. The number of hydrogen-bond acceptors (Lipinski definition) is 7. The highest BCUT2D eigenvalue weighted by atomic mass is 16.6. The molecule has 0 saturated heterocycles. The van der Waals surface area contributed by atoms with Gasteiger partial charge >= 0.3 is 0 Å². The number of anilines is 1. The van der Waals surface area contributed by atoms with Crippen molar-refractivity contribution in [1.82, 2.24) is 9.97 Å². The minimum Gasteiger partial charge on any atom is -0.338 e. The molecule has 0 amide bonds. The van der Waals surface area contributed by atoms with Gasteiger partial charge in [0.25, 0.3) is 5.69 Å². The molecule has 0 unspecified atom stereocenters. The minimum atomic E-state index is -0.461. The fourth-order valence-corrected chi connectivity index (χ4v) is 2.15. The van der Waals surface area contributed by atoms with E-state index in [4.69, 9.17) is 10.5 Å². The van der Waals surface area contributed by atoms with Gasteiger partial charge in [0.15, 0.2) is 0 Å². The summed E-state index contributed by atoms with van der Waals surface area (Å²) >= 11 is 0. The molecule has 3 aromatic rings. The second-order valence-electron chi connectivity index (χ2n) is 4.92. The predicted octanol–water partition coefficient (Wildman–Crippen LogP) is 2.95. The normalized spacial score (nSPS) is 9.84. The molecule has 9 heteroatoms. The molecular weight excluding hydrogens is 322 g/mol. The van der Waals surface area contributed by atoms with Crippen molar-refractivity contribution >= 4 is 28.1 Å². The van der Waals surface area contributed by atoms with E-state index in [0.29, 0.717) is 22.5 Å². The molecule has 0 aliphatic rings. The Hall–Kier alpha value is -4.24. The van der Waals surface area contributed by atoms with Crippen molar-refractivity contribution in [3.05, 3.63) is 52.6 Å². The number of non-ortho nitro benzene ring substituents is 1. The summed E-state index contributed by atoms with van der Waals surface area (Å²) in [5.41, 5.74) is 4.89. The number of nitrogens with zero attached hydrogens (tertiary/aromatic N) is 5. The van der Waals surface area contributed by atoms with Crippen molar-refractivity contribution in [2.75, 3.05) is 5.43 Å². The highest BCUT2D eigenvalue weighted by Gasteiger charge is 2.10. The maximum atomic E-state index is 10.8. The lowest BCUT2D eigenvalue weighted by molar-refractivity contribution is -0.384. The standard InChI is InChI=1S/C16H9N7O2/c17-8-12(9-18)22-21-11-3-1-10(2-4-11)16-19-14-6-5-13(23(24)25)7-15(14)20-16/h1-7,21H,(H,19,20). The molecule has 0 radical (unpaired) electrons. The molecule has 0 aliphatic heterocycles. The number of rotatable bonds is 4. The summed E-state index contributed by atoms with van der Waals surface area (Å²) in [5, 5.41) is 31.7. The zero-order valence-corrected chi connectivity index (χ0v) is 12.6. The van der Waals surface area contributed by atoms with E-state index in [0.717, 1.165) is 5.56 Å².